The summed E-state index contributed by atoms with van der Waals surface area (Å²) in [6.07, 6.45) is 0.313. The molecule has 0 aromatic heterocycles. The molecule has 1 amide bonds. The number of carbonyl (C=O) groups excluding carboxylic acids is 2. The third kappa shape index (κ3) is 4.68. The maximum Gasteiger partial charge on any atom is 0.224 e. The Hall–Kier alpha value is -1.65. The van der Waals surface area contributed by atoms with Gasteiger partial charge in [0.05, 0.1) is 0 Å². The van der Waals surface area contributed by atoms with E-state index in [9.17, 15) is 9.59 Å². The van der Waals surface area contributed by atoms with Crippen molar-refractivity contribution in [3.05, 3.63) is 63.1 Å². The lowest BCUT2D eigenvalue weighted by molar-refractivity contribution is -0.116. The first-order valence-corrected chi connectivity index (χ1v) is 7.97. The van der Waals surface area contributed by atoms with Crippen molar-refractivity contribution in [2.24, 2.45) is 0 Å². The molecule has 0 bridgehead atoms. The maximum absolute atomic E-state index is 12.0. The van der Waals surface area contributed by atoms with Gasteiger partial charge in [0.2, 0.25) is 5.91 Å². The Labute approximate surface area is 142 Å². The zero-order chi connectivity index (χ0) is 16.1. The summed E-state index contributed by atoms with van der Waals surface area (Å²) in [6.45, 7) is 1.89. The smallest absolute Gasteiger partial charge is 0.224 e. The number of benzene rings is 2. The second kappa shape index (κ2) is 7.56. The van der Waals surface area contributed by atoms with Crippen molar-refractivity contribution in [3.8, 4) is 0 Å². The molecule has 2 aromatic rings. The van der Waals surface area contributed by atoms with Crippen molar-refractivity contribution in [1.29, 1.82) is 0 Å². The number of rotatable bonds is 5. The van der Waals surface area contributed by atoms with Crippen LogP contribution in [-0.4, -0.2) is 11.7 Å². The van der Waals surface area contributed by atoms with Crippen LogP contribution in [0, 0.1) is 6.92 Å². The van der Waals surface area contributed by atoms with Gasteiger partial charge < -0.3 is 5.32 Å². The summed E-state index contributed by atoms with van der Waals surface area (Å²) in [5.74, 6) is -0.249. The summed E-state index contributed by atoms with van der Waals surface area (Å²) in [5.41, 5.74) is 2.21. The van der Waals surface area contributed by atoms with E-state index < -0.39 is 0 Å². The summed E-state index contributed by atoms with van der Waals surface area (Å²) in [4.78, 5) is 24.0. The molecule has 2 rings (SSSR count). The van der Waals surface area contributed by atoms with Gasteiger partial charge in [-0.25, -0.2) is 0 Å². The highest BCUT2D eigenvalue weighted by Crippen LogP contribution is 2.20. The lowest BCUT2D eigenvalue weighted by Gasteiger charge is -2.08. The first-order valence-electron chi connectivity index (χ1n) is 6.80. The van der Waals surface area contributed by atoms with E-state index in [0.717, 1.165) is 10.0 Å². The van der Waals surface area contributed by atoms with Crippen molar-refractivity contribution >= 4 is 44.9 Å². The van der Waals surface area contributed by atoms with E-state index in [1.807, 2.05) is 25.1 Å². The van der Waals surface area contributed by atoms with E-state index in [-0.39, 0.29) is 24.5 Å². The van der Waals surface area contributed by atoms with Crippen molar-refractivity contribution < 1.29 is 9.59 Å². The topological polar surface area (TPSA) is 46.2 Å². The minimum Gasteiger partial charge on any atom is -0.326 e. The second-order valence-electron chi connectivity index (χ2n) is 4.94. The molecule has 3 nitrogen and oxygen atoms in total. The molecule has 0 aliphatic heterocycles. The Kier molecular flexibility index (Phi) is 5.75. The third-order valence-corrected chi connectivity index (χ3v) is 3.98. The van der Waals surface area contributed by atoms with Crippen LogP contribution >= 0.6 is 27.5 Å². The van der Waals surface area contributed by atoms with Gasteiger partial charge in [0.15, 0.2) is 5.78 Å². The van der Waals surface area contributed by atoms with Crippen LogP contribution in [0.4, 0.5) is 5.69 Å². The molecule has 0 aliphatic rings. The molecule has 0 fully saturated rings. The number of hydrogen-bond acceptors (Lipinski definition) is 2. The van der Waals surface area contributed by atoms with E-state index in [1.54, 1.807) is 24.3 Å². The van der Waals surface area contributed by atoms with E-state index >= 15 is 0 Å². The SMILES string of the molecule is Cc1ccc(Cl)cc1NC(=O)CCC(=O)c1ccc(Br)cc1. The van der Waals surface area contributed by atoms with Gasteiger partial charge in [0.1, 0.15) is 0 Å². The molecule has 0 aliphatic carbocycles. The summed E-state index contributed by atoms with van der Waals surface area (Å²) in [6, 6.07) is 12.4. The van der Waals surface area contributed by atoms with Crippen molar-refractivity contribution in [2.75, 3.05) is 5.32 Å². The number of ketones is 1. The molecule has 0 heterocycles. The molecule has 0 saturated heterocycles. The summed E-state index contributed by atoms with van der Waals surface area (Å²) in [7, 11) is 0. The van der Waals surface area contributed by atoms with Gasteiger partial charge in [-0.3, -0.25) is 9.59 Å². The molecular formula is C17H15BrClNO2. The molecular weight excluding hydrogens is 366 g/mol. The van der Waals surface area contributed by atoms with Gasteiger partial charge >= 0.3 is 0 Å². The number of nitrogens with one attached hydrogen (secondary N) is 1. The summed E-state index contributed by atoms with van der Waals surface area (Å²) in [5, 5.41) is 3.35. The summed E-state index contributed by atoms with van der Waals surface area (Å²) >= 11 is 9.23. The van der Waals surface area contributed by atoms with Crippen LogP contribution in [-0.2, 0) is 4.79 Å². The average molecular weight is 381 g/mol. The van der Waals surface area contributed by atoms with Crippen molar-refractivity contribution in [1.82, 2.24) is 0 Å². The Morgan fingerprint density at radius 3 is 2.45 bits per heavy atom. The standard InChI is InChI=1S/C17H15BrClNO2/c1-11-2-7-14(19)10-15(11)20-17(22)9-8-16(21)12-3-5-13(18)6-4-12/h2-7,10H,8-9H2,1H3,(H,20,22). The van der Waals surface area contributed by atoms with Gasteiger partial charge in [0, 0.05) is 33.6 Å². The lowest BCUT2D eigenvalue weighted by Crippen LogP contribution is -2.14. The number of anilines is 1. The van der Waals surface area contributed by atoms with Gasteiger partial charge in [-0.2, -0.15) is 0 Å². The molecule has 22 heavy (non-hydrogen) atoms. The molecule has 114 valence electrons. The van der Waals surface area contributed by atoms with E-state index in [4.69, 9.17) is 11.6 Å². The zero-order valence-electron chi connectivity index (χ0n) is 12.0. The van der Waals surface area contributed by atoms with Crippen LogP contribution in [0.5, 0.6) is 0 Å². The van der Waals surface area contributed by atoms with E-state index in [1.165, 1.54) is 0 Å². The van der Waals surface area contributed by atoms with Crippen LogP contribution in [0.25, 0.3) is 0 Å². The molecule has 0 atom stereocenters. The Morgan fingerprint density at radius 2 is 1.77 bits per heavy atom. The van der Waals surface area contributed by atoms with E-state index in [2.05, 4.69) is 21.2 Å². The van der Waals surface area contributed by atoms with Gasteiger partial charge in [-0.1, -0.05) is 45.7 Å². The van der Waals surface area contributed by atoms with Crippen molar-refractivity contribution in [3.63, 3.8) is 0 Å². The maximum atomic E-state index is 12.0. The van der Waals surface area contributed by atoms with Crippen LogP contribution in [0.15, 0.2) is 46.9 Å². The Balaban J connectivity index is 1.91. The predicted molar refractivity (Wildman–Crippen MR) is 92.5 cm³/mol. The first kappa shape index (κ1) is 16.7. The average Bonchev–Trinajstić information content (AvgIpc) is 2.49. The molecule has 0 unspecified atom stereocenters. The molecule has 0 radical (unpaired) electrons. The van der Waals surface area contributed by atoms with Crippen LogP contribution in [0.1, 0.15) is 28.8 Å². The highest BCUT2D eigenvalue weighted by atomic mass is 79.9. The van der Waals surface area contributed by atoms with E-state index in [0.29, 0.717) is 16.3 Å². The lowest BCUT2D eigenvalue weighted by atomic mass is 10.1. The minimum atomic E-state index is -0.198. The van der Waals surface area contributed by atoms with Crippen LogP contribution in [0.3, 0.4) is 0 Å². The van der Waals surface area contributed by atoms with Crippen LogP contribution < -0.4 is 5.32 Å². The molecule has 5 heteroatoms. The largest absolute Gasteiger partial charge is 0.326 e. The monoisotopic (exact) mass is 379 g/mol. The fraction of sp³-hybridized carbons (Fsp3) is 0.176. The van der Waals surface area contributed by atoms with Crippen molar-refractivity contribution in [2.45, 2.75) is 19.8 Å². The molecule has 2 aromatic carbocycles. The number of Topliss-reactive ketones (excluding diaryl/α,β-unsaturated/α-hetero) is 1. The van der Waals surface area contributed by atoms with Gasteiger partial charge in [-0.15, -0.1) is 0 Å². The fourth-order valence-corrected chi connectivity index (χ4v) is 2.39. The first-order chi connectivity index (χ1) is 10.5. The second-order valence-corrected chi connectivity index (χ2v) is 6.29. The van der Waals surface area contributed by atoms with Crippen LogP contribution in [0.2, 0.25) is 5.02 Å². The highest BCUT2D eigenvalue weighted by molar-refractivity contribution is 9.10. The normalized spacial score (nSPS) is 10.3. The number of carbonyl (C=O) groups is 2. The highest BCUT2D eigenvalue weighted by Gasteiger charge is 2.10. The Morgan fingerprint density at radius 1 is 1.09 bits per heavy atom. The molecule has 0 saturated carbocycles. The fourth-order valence-electron chi connectivity index (χ4n) is 1.95. The minimum absolute atomic E-state index is 0.0505. The number of halogens is 2. The van der Waals surface area contributed by atoms with Gasteiger partial charge in [-0.05, 0) is 36.8 Å². The predicted octanol–water partition coefficient (Wildman–Crippen LogP) is 5.01. The number of hydrogen-bond donors (Lipinski definition) is 1. The molecule has 0 spiro atoms. The number of aryl methyl sites for hydroxylation is 1. The summed E-state index contributed by atoms with van der Waals surface area (Å²) < 4.78 is 0.915. The number of amides is 1. The Bertz CT molecular complexity index is 698. The molecule has 1 N–H and O–H groups in total. The quantitative estimate of drug-likeness (QED) is 0.741. The van der Waals surface area contributed by atoms with Gasteiger partial charge in [0.25, 0.3) is 0 Å². The zero-order valence-corrected chi connectivity index (χ0v) is 14.4. The third-order valence-electron chi connectivity index (χ3n) is 3.22.